The first-order valence-corrected chi connectivity index (χ1v) is 9.67. The molecule has 2 aliphatic rings. The first-order chi connectivity index (χ1) is 13.5. The average molecular weight is 391 g/mol. The van der Waals surface area contributed by atoms with Crippen molar-refractivity contribution in [2.24, 2.45) is 5.92 Å². The molecule has 0 bridgehead atoms. The van der Waals surface area contributed by atoms with Crippen molar-refractivity contribution in [1.29, 1.82) is 0 Å². The second-order valence-electron chi connectivity index (χ2n) is 7.24. The Morgan fingerprint density at radius 2 is 1.61 bits per heavy atom. The molecule has 1 saturated carbocycles. The van der Waals surface area contributed by atoms with Crippen LogP contribution in [0.5, 0.6) is 17.2 Å². The predicted octanol–water partition coefficient (Wildman–Crippen LogP) is 1.91. The number of urea groups is 1. The molecule has 154 valence electrons. The summed E-state index contributed by atoms with van der Waals surface area (Å²) in [6, 6.07) is 4.00. The second-order valence-corrected chi connectivity index (χ2v) is 7.24. The van der Waals surface area contributed by atoms with Crippen molar-refractivity contribution < 1.29 is 23.8 Å². The molecule has 1 heterocycles. The van der Waals surface area contributed by atoms with E-state index in [-0.39, 0.29) is 17.9 Å². The number of carbonyl (C=O) groups is 2. The van der Waals surface area contributed by atoms with Crippen LogP contribution in [-0.4, -0.2) is 57.3 Å². The number of benzene rings is 1. The minimum Gasteiger partial charge on any atom is -0.493 e. The molecular formula is C20H29N3O5. The van der Waals surface area contributed by atoms with Crippen molar-refractivity contribution in [2.75, 3.05) is 34.4 Å². The Morgan fingerprint density at radius 1 is 1.00 bits per heavy atom. The zero-order valence-electron chi connectivity index (χ0n) is 16.7. The van der Waals surface area contributed by atoms with Gasteiger partial charge in [-0.25, -0.2) is 4.79 Å². The number of amides is 3. The molecule has 3 rings (SSSR count). The summed E-state index contributed by atoms with van der Waals surface area (Å²) in [4.78, 5) is 26.4. The number of methoxy groups -OCH3 is 3. The van der Waals surface area contributed by atoms with Gasteiger partial charge in [0, 0.05) is 31.6 Å². The fraction of sp³-hybridized carbons (Fsp3) is 0.600. The van der Waals surface area contributed by atoms with Crippen LogP contribution >= 0.6 is 0 Å². The lowest BCUT2D eigenvalue weighted by Crippen LogP contribution is -2.47. The monoisotopic (exact) mass is 391 g/mol. The molecule has 0 atom stereocenters. The van der Waals surface area contributed by atoms with Crippen molar-refractivity contribution in [3.05, 3.63) is 17.7 Å². The maximum atomic E-state index is 12.6. The van der Waals surface area contributed by atoms with Gasteiger partial charge in [0.25, 0.3) is 0 Å². The molecule has 1 aromatic carbocycles. The topological polar surface area (TPSA) is 89.1 Å². The van der Waals surface area contributed by atoms with Crippen LogP contribution in [-0.2, 0) is 11.3 Å². The third-order valence-electron chi connectivity index (χ3n) is 5.25. The lowest BCUT2D eigenvalue weighted by atomic mass is 9.96. The van der Waals surface area contributed by atoms with E-state index in [2.05, 4.69) is 10.6 Å². The number of rotatable bonds is 7. The summed E-state index contributed by atoms with van der Waals surface area (Å²) in [5.41, 5.74) is 0.865. The summed E-state index contributed by atoms with van der Waals surface area (Å²) in [6.07, 6.45) is 3.51. The van der Waals surface area contributed by atoms with Crippen molar-refractivity contribution >= 4 is 11.9 Å². The largest absolute Gasteiger partial charge is 0.493 e. The van der Waals surface area contributed by atoms with Crippen LogP contribution in [0.4, 0.5) is 4.79 Å². The van der Waals surface area contributed by atoms with Gasteiger partial charge in [-0.2, -0.15) is 0 Å². The van der Waals surface area contributed by atoms with Crippen LogP contribution in [0, 0.1) is 5.92 Å². The molecule has 8 nitrogen and oxygen atoms in total. The highest BCUT2D eigenvalue weighted by Gasteiger charge is 2.30. The van der Waals surface area contributed by atoms with E-state index in [0.717, 1.165) is 18.4 Å². The number of piperidine rings is 1. The summed E-state index contributed by atoms with van der Waals surface area (Å²) in [7, 11) is 4.68. The van der Waals surface area contributed by atoms with Gasteiger partial charge in [0.1, 0.15) is 0 Å². The molecule has 1 saturated heterocycles. The molecule has 3 amide bonds. The number of likely N-dealkylation sites (tertiary alicyclic amines) is 1. The van der Waals surface area contributed by atoms with Crippen molar-refractivity contribution in [3.8, 4) is 17.2 Å². The van der Waals surface area contributed by atoms with Crippen molar-refractivity contribution in [2.45, 2.75) is 38.3 Å². The second kappa shape index (κ2) is 9.03. The molecule has 0 unspecified atom stereocenters. The normalized spacial score (nSPS) is 17.0. The smallest absolute Gasteiger partial charge is 0.317 e. The lowest BCUT2D eigenvalue weighted by Gasteiger charge is -2.31. The number of ether oxygens (including phenoxy) is 3. The minimum atomic E-state index is -0.0768. The fourth-order valence-corrected chi connectivity index (χ4v) is 3.41. The van der Waals surface area contributed by atoms with Crippen LogP contribution in [0.2, 0.25) is 0 Å². The lowest BCUT2D eigenvalue weighted by molar-refractivity contribution is -0.126. The van der Waals surface area contributed by atoms with E-state index in [1.165, 1.54) is 0 Å². The fourth-order valence-electron chi connectivity index (χ4n) is 3.41. The predicted molar refractivity (Wildman–Crippen MR) is 104 cm³/mol. The zero-order chi connectivity index (χ0) is 20.1. The third-order valence-corrected chi connectivity index (χ3v) is 5.25. The van der Waals surface area contributed by atoms with E-state index < -0.39 is 0 Å². The van der Waals surface area contributed by atoms with Crippen LogP contribution in [0.25, 0.3) is 0 Å². The van der Waals surface area contributed by atoms with Gasteiger partial charge in [0.05, 0.1) is 21.3 Å². The molecule has 1 aliphatic heterocycles. The summed E-state index contributed by atoms with van der Waals surface area (Å²) in [5, 5.41) is 5.98. The standard InChI is InChI=1S/C20H29N3O5/c1-26-16-10-13(11-17(27-2)18(16)28-3)12-21-19(24)14-6-8-23(9-7-14)20(25)22-15-4-5-15/h10-11,14-15H,4-9,12H2,1-3H3,(H,21,24)(H,22,25). The van der Waals surface area contributed by atoms with E-state index in [0.29, 0.717) is 55.8 Å². The highest BCUT2D eigenvalue weighted by Crippen LogP contribution is 2.38. The van der Waals surface area contributed by atoms with Crippen molar-refractivity contribution in [1.82, 2.24) is 15.5 Å². The maximum Gasteiger partial charge on any atom is 0.317 e. The molecule has 1 aliphatic carbocycles. The molecule has 8 heteroatoms. The van der Waals surface area contributed by atoms with Gasteiger partial charge in [0.15, 0.2) is 11.5 Å². The third kappa shape index (κ3) is 4.79. The summed E-state index contributed by atoms with van der Waals surface area (Å²) >= 11 is 0. The van der Waals surface area contributed by atoms with Gasteiger partial charge in [-0.15, -0.1) is 0 Å². The van der Waals surface area contributed by atoms with Gasteiger partial charge in [-0.1, -0.05) is 0 Å². The molecule has 2 fully saturated rings. The van der Waals surface area contributed by atoms with Crippen LogP contribution < -0.4 is 24.8 Å². The Balaban J connectivity index is 1.51. The van der Waals surface area contributed by atoms with Crippen molar-refractivity contribution in [3.63, 3.8) is 0 Å². The number of hydrogen-bond donors (Lipinski definition) is 2. The van der Waals surface area contributed by atoms with Crippen LogP contribution in [0.3, 0.4) is 0 Å². The van der Waals surface area contributed by atoms with Gasteiger partial charge >= 0.3 is 6.03 Å². The molecule has 0 aromatic heterocycles. The first-order valence-electron chi connectivity index (χ1n) is 9.67. The molecule has 28 heavy (non-hydrogen) atoms. The van der Waals surface area contributed by atoms with E-state index in [1.54, 1.807) is 26.2 Å². The minimum absolute atomic E-state index is 0.00113. The van der Waals surface area contributed by atoms with Gasteiger partial charge in [-0.3, -0.25) is 4.79 Å². The first kappa shape index (κ1) is 20.1. The number of nitrogens with zero attached hydrogens (tertiary/aromatic N) is 1. The maximum absolute atomic E-state index is 12.6. The summed E-state index contributed by atoms with van der Waals surface area (Å²) in [5.74, 6) is 1.57. The number of hydrogen-bond acceptors (Lipinski definition) is 5. The van der Waals surface area contributed by atoms with Gasteiger partial charge in [-0.05, 0) is 43.4 Å². The molecule has 0 spiro atoms. The quantitative estimate of drug-likeness (QED) is 0.741. The van der Waals surface area contributed by atoms with Crippen LogP contribution in [0.15, 0.2) is 12.1 Å². The van der Waals surface area contributed by atoms with E-state index >= 15 is 0 Å². The zero-order valence-corrected chi connectivity index (χ0v) is 16.7. The summed E-state index contributed by atoms with van der Waals surface area (Å²) in [6.45, 7) is 1.60. The SMILES string of the molecule is COc1cc(CNC(=O)C2CCN(C(=O)NC3CC3)CC2)cc(OC)c1OC. The Labute approximate surface area is 165 Å². The van der Waals surface area contributed by atoms with Gasteiger partial charge < -0.3 is 29.7 Å². The molecule has 2 N–H and O–H groups in total. The molecule has 1 aromatic rings. The highest BCUT2D eigenvalue weighted by atomic mass is 16.5. The number of nitrogens with one attached hydrogen (secondary N) is 2. The van der Waals surface area contributed by atoms with E-state index in [9.17, 15) is 9.59 Å². The molecule has 0 radical (unpaired) electrons. The van der Waals surface area contributed by atoms with Gasteiger partial charge in [0.2, 0.25) is 11.7 Å². The Bertz CT molecular complexity index is 687. The summed E-state index contributed by atoms with van der Waals surface area (Å²) < 4.78 is 16.0. The molecular weight excluding hydrogens is 362 g/mol. The number of carbonyl (C=O) groups excluding carboxylic acids is 2. The Morgan fingerprint density at radius 3 is 2.11 bits per heavy atom. The van der Waals surface area contributed by atoms with E-state index in [4.69, 9.17) is 14.2 Å². The van der Waals surface area contributed by atoms with E-state index in [1.807, 2.05) is 12.1 Å². The average Bonchev–Trinajstić information content (AvgIpc) is 3.55. The Kier molecular flexibility index (Phi) is 6.49. The Hall–Kier alpha value is -2.64. The van der Waals surface area contributed by atoms with Crippen LogP contribution in [0.1, 0.15) is 31.2 Å². The highest BCUT2D eigenvalue weighted by molar-refractivity contribution is 5.80.